The number of halogens is 2. The maximum Gasteiger partial charge on any atom is 0.127 e. The Hall–Kier alpha value is -0.410. The molecule has 3 heteroatoms. The van der Waals surface area contributed by atoms with Crippen molar-refractivity contribution < 1.29 is 4.39 Å². The van der Waals surface area contributed by atoms with Crippen LogP contribution in [-0.4, -0.2) is 13.1 Å². The molecule has 0 aliphatic carbocycles. The zero-order valence-corrected chi connectivity index (χ0v) is 10.8. The zero-order chi connectivity index (χ0) is 11.3. The summed E-state index contributed by atoms with van der Waals surface area (Å²) in [7, 11) is 1.93. The molecule has 0 aliphatic heterocycles. The van der Waals surface area contributed by atoms with Gasteiger partial charge in [0.15, 0.2) is 0 Å². The standard InChI is InChI=1S/C12H17BrFN/c1-3-4-11(15-2)7-9-5-6-10(13)8-12(9)14/h5-6,8,11,15H,3-4,7H2,1-2H3. The predicted octanol–water partition coefficient (Wildman–Crippen LogP) is 3.52. The lowest BCUT2D eigenvalue weighted by Gasteiger charge is -2.15. The van der Waals surface area contributed by atoms with Crippen LogP contribution in [0.2, 0.25) is 0 Å². The first kappa shape index (κ1) is 12.7. The van der Waals surface area contributed by atoms with E-state index in [2.05, 4.69) is 28.2 Å². The Morgan fingerprint density at radius 3 is 2.73 bits per heavy atom. The van der Waals surface area contributed by atoms with Gasteiger partial charge in [-0.15, -0.1) is 0 Å². The first-order valence-electron chi connectivity index (χ1n) is 5.28. The van der Waals surface area contributed by atoms with Gasteiger partial charge in [0.1, 0.15) is 5.82 Å². The lowest BCUT2D eigenvalue weighted by Crippen LogP contribution is -2.27. The normalized spacial score (nSPS) is 12.8. The van der Waals surface area contributed by atoms with Gasteiger partial charge < -0.3 is 5.32 Å². The quantitative estimate of drug-likeness (QED) is 0.866. The molecular weight excluding hydrogens is 257 g/mol. The first-order valence-corrected chi connectivity index (χ1v) is 6.07. The van der Waals surface area contributed by atoms with E-state index in [4.69, 9.17) is 0 Å². The fourth-order valence-electron chi connectivity index (χ4n) is 1.65. The molecule has 1 N–H and O–H groups in total. The van der Waals surface area contributed by atoms with E-state index < -0.39 is 0 Å². The van der Waals surface area contributed by atoms with Gasteiger partial charge in [-0.1, -0.05) is 35.3 Å². The van der Waals surface area contributed by atoms with Crippen molar-refractivity contribution in [3.8, 4) is 0 Å². The minimum atomic E-state index is -0.124. The second-order valence-electron chi connectivity index (χ2n) is 3.71. The highest BCUT2D eigenvalue weighted by molar-refractivity contribution is 9.10. The molecule has 1 atom stereocenters. The lowest BCUT2D eigenvalue weighted by molar-refractivity contribution is 0.499. The highest BCUT2D eigenvalue weighted by Crippen LogP contribution is 2.17. The third-order valence-electron chi connectivity index (χ3n) is 2.53. The molecule has 1 aromatic rings. The van der Waals surface area contributed by atoms with E-state index in [-0.39, 0.29) is 5.82 Å². The van der Waals surface area contributed by atoms with Crippen molar-refractivity contribution in [1.29, 1.82) is 0 Å². The van der Waals surface area contributed by atoms with Crippen LogP contribution in [0.5, 0.6) is 0 Å². The van der Waals surface area contributed by atoms with E-state index in [9.17, 15) is 4.39 Å². The largest absolute Gasteiger partial charge is 0.317 e. The highest BCUT2D eigenvalue weighted by atomic mass is 79.9. The molecule has 1 unspecified atom stereocenters. The van der Waals surface area contributed by atoms with E-state index in [1.54, 1.807) is 0 Å². The Bertz CT molecular complexity index is 314. The molecule has 1 rings (SSSR count). The first-order chi connectivity index (χ1) is 7.17. The van der Waals surface area contributed by atoms with Gasteiger partial charge in [-0.25, -0.2) is 4.39 Å². The number of rotatable bonds is 5. The molecule has 1 aromatic carbocycles. The molecule has 0 fully saturated rings. The summed E-state index contributed by atoms with van der Waals surface area (Å²) in [5.41, 5.74) is 0.783. The molecule has 0 radical (unpaired) electrons. The second kappa shape index (κ2) is 6.23. The SMILES string of the molecule is CCCC(Cc1ccc(Br)cc1F)NC. The number of hydrogen-bond donors (Lipinski definition) is 1. The van der Waals surface area contributed by atoms with Crippen LogP contribution < -0.4 is 5.32 Å². The Morgan fingerprint density at radius 1 is 1.47 bits per heavy atom. The lowest BCUT2D eigenvalue weighted by atomic mass is 10.0. The molecule has 0 aromatic heterocycles. The van der Waals surface area contributed by atoms with Gasteiger partial charge in [-0.3, -0.25) is 0 Å². The second-order valence-corrected chi connectivity index (χ2v) is 4.63. The van der Waals surface area contributed by atoms with Crippen molar-refractivity contribution in [2.24, 2.45) is 0 Å². The summed E-state index contributed by atoms with van der Waals surface area (Å²) in [6, 6.07) is 5.62. The van der Waals surface area contributed by atoms with Crippen molar-refractivity contribution in [1.82, 2.24) is 5.32 Å². The molecule has 0 heterocycles. The van der Waals surface area contributed by atoms with Gasteiger partial charge in [0.05, 0.1) is 0 Å². The van der Waals surface area contributed by atoms with Crippen molar-refractivity contribution >= 4 is 15.9 Å². The number of hydrogen-bond acceptors (Lipinski definition) is 1. The van der Waals surface area contributed by atoms with Crippen molar-refractivity contribution in [2.45, 2.75) is 32.2 Å². The van der Waals surface area contributed by atoms with Gasteiger partial charge in [-0.2, -0.15) is 0 Å². The summed E-state index contributed by atoms with van der Waals surface area (Å²) in [4.78, 5) is 0. The van der Waals surface area contributed by atoms with E-state index in [1.165, 1.54) is 6.07 Å². The van der Waals surface area contributed by atoms with E-state index >= 15 is 0 Å². The average molecular weight is 274 g/mol. The third kappa shape index (κ3) is 3.92. The smallest absolute Gasteiger partial charge is 0.127 e. The van der Waals surface area contributed by atoms with Gasteiger partial charge in [0, 0.05) is 10.5 Å². The van der Waals surface area contributed by atoms with E-state index in [0.717, 1.165) is 29.3 Å². The fourth-order valence-corrected chi connectivity index (χ4v) is 1.98. The van der Waals surface area contributed by atoms with Crippen molar-refractivity contribution in [3.63, 3.8) is 0 Å². The average Bonchev–Trinajstić information content (AvgIpc) is 2.21. The number of likely N-dealkylation sites (N-methyl/N-ethyl adjacent to an activating group) is 1. The Kier molecular flexibility index (Phi) is 5.26. The third-order valence-corrected chi connectivity index (χ3v) is 3.02. The van der Waals surface area contributed by atoms with Crippen LogP contribution in [0.25, 0.3) is 0 Å². The van der Waals surface area contributed by atoms with Crippen LogP contribution in [0.1, 0.15) is 25.3 Å². The Morgan fingerprint density at radius 2 is 2.20 bits per heavy atom. The van der Waals surface area contributed by atoms with Crippen LogP contribution in [0, 0.1) is 5.82 Å². The fraction of sp³-hybridized carbons (Fsp3) is 0.500. The molecule has 84 valence electrons. The topological polar surface area (TPSA) is 12.0 Å². The van der Waals surface area contributed by atoms with Crippen LogP contribution in [0.3, 0.4) is 0 Å². The van der Waals surface area contributed by atoms with Crippen LogP contribution in [0.15, 0.2) is 22.7 Å². The van der Waals surface area contributed by atoms with Gasteiger partial charge in [-0.05, 0) is 37.6 Å². The maximum absolute atomic E-state index is 13.5. The minimum Gasteiger partial charge on any atom is -0.317 e. The summed E-state index contributed by atoms with van der Waals surface area (Å²) in [6.45, 7) is 2.14. The molecule has 1 nitrogen and oxygen atoms in total. The van der Waals surface area contributed by atoms with Crippen LogP contribution in [0.4, 0.5) is 4.39 Å². The Balaban J connectivity index is 2.70. The van der Waals surface area contributed by atoms with Gasteiger partial charge in [0.25, 0.3) is 0 Å². The molecule has 0 amide bonds. The summed E-state index contributed by atoms with van der Waals surface area (Å²) < 4.78 is 14.3. The molecule has 0 spiro atoms. The minimum absolute atomic E-state index is 0.124. The number of benzene rings is 1. The van der Waals surface area contributed by atoms with E-state index in [0.29, 0.717) is 6.04 Å². The van der Waals surface area contributed by atoms with Crippen molar-refractivity contribution in [2.75, 3.05) is 7.05 Å². The van der Waals surface area contributed by atoms with Crippen molar-refractivity contribution in [3.05, 3.63) is 34.1 Å². The summed E-state index contributed by atoms with van der Waals surface area (Å²) in [5.74, 6) is -0.124. The monoisotopic (exact) mass is 273 g/mol. The van der Waals surface area contributed by atoms with Gasteiger partial charge in [0.2, 0.25) is 0 Å². The highest BCUT2D eigenvalue weighted by Gasteiger charge is 2.09. The molecule has 0 saturated carbocycles. The van der Waals surface area contributed by atoms with Crippen LogP contribution >= 0.6 is 15.9 Å². The molecule has 0 bridgehead atoms. The number of nitrogens with one attached hydrogen (secondary N) is 1. The van der Waals surface area contributed by atoms with Gasteiger partial charge >= 0.3 is 0 Å². The van der Waals surface area contributed by atoms with Crippen LogP contribution in [-0.2, 0) is 6.42 Å². The molecular formula is C12H17BrFN. The Labute approximate surface area is 99.2 Å². The zero-order valence-electron chi connectivity index (χ0n) is 9.19. The summed E-state index contributed by atoms with van der Waals surface area (Å²) in [5, 5.41) is 3.21. The summed E-state index contributed by atoms with van der Waals surface area (Å²) >= 11 is 3.25. The summed E-state index contributed by atoms with van der Waals surface area (Å²) in [6.07, 6.45) is 2.94. The predicted molar refractivity (Wildman–Crippen MR) is 65.6 cm³/mol. The van der Waals surface area contributed by atoms with E-state index in [1.807, 2.05) is 19.2 Å². The maximum atomic E-state index is 13.5. The molecule has 15 heavy (non-hydrogen) atoms. The molecule has 0 saturated heterocycles. The molecule has 0 aliphatic rings.